The number of aliphatic imine (C=N–C) groups is 1. The van der Waals surface area contributed by atoms with Crippen molar-refractivity contribution in [2.45, 2.75) is 17.8 Å². The maximum absolute atomic E-state index is 14.4. The average molecular weight is 429 g/mol. The third-order valence-corrected chi connectivity index (χ3v) is 7.67. The van der Waals surface area contributed by atoms with E-state index in [4.69, 9.17) is 11.6 Å². The highest BCUT2D eigenvalue weighted by molar-refractivity contribution is 8.13. The minimum atomic E-state index is -3.24. The van der Waals surface area contributed by atoms with Gasteiger partial charge < -0.3 is 4.90 Å². The normalized spacial score (nSPS) is 23.4. The molecule has 2 aliphatic rings. The van der Waals surface area contributed by atoms with E-state index < -0.39 is 33.6 Å². The van der Waals surface area contributed by atoms with Crippen molar-refractivity contribution in [1.29, 1.82) is 0 Å². The largest absolute Gasteiger partial charge is 0.312 e. The SMILES string of the molecule is O=S1(=O)C[C@@H]2N=C(SCc3ccccc3Cl)N(c3ccc(F)cc3F)[C@H]2C1. The number of rotatable bonds is 3. The molecule has 0 unspecified atom stereocenters. The highest BCUT2D eigenvalue weighted by Gasteiger charge is 2.47. The Labute approximate surface area is 165 Å². The molecule has 1 saturated heterocycles. The van der Waals surface area contributed by atoms with Gasteiger partial charge >= 0.3 is 0 Å². The van der Waals surface area contributed by atoms with Crippen LogP contribution in [0.4, 0.5) is 14.5 Å². The molecule has 2 aromatic rings. The summed E-state index contributed by atoms with van der Waals surface area (Å²) in [5.74, 6) is -1.09. The van der Waals surface area contributed by atoms with Crippen molar-refractivity contribution in [3.8, 4) is 0 Å². The quantitative estimate of drug-likeness (QED) is 0.744. The number of fused-ring (bicyclic) bond motifs is 1. The first-order valence-electron chi connectivity index (χ1n) is 8.23. The average Bonchev–Trinajstić information content (AvgIpc) is 3.06. The lowest BCUT2D eigenvalue weighted by atomic mass is 10.1. The molecule has 4 nitrogen and oxygen atoms in total. The molecule has 9 heteroatoms. The van der Waals surface area contributed by atoms with E-state index in [1.807, 2.05) is 18.2 Å². The zero-order chi connectivity index (χ0) is 19.2. The van der Waals surface area contributed by atoms with Crippen LogP contribution in [0.25, 0.3) is 0 Å². The minimum Gasteiger partial charge on any atom is -0.312 e. The Balaban J connectivity index is 1.66. The smallest absolute Gasteiger partial charge is 0.164 e. The molecule has 0 aromatic heterocycles. The standard InChI is InChI=1S/C18H15ClF2N2O2S2/c19-13-4-2-1-3-11(13)8-26-18-22-15-9-27(24,25)10-17(15)23(18)16-6-5-12(20)7-14(16)21/h1-7,15,17H,8-10H2/t15-,17-/m0/s1. The van der Waals surface area contributed by atoms with Crippen molar-refractivity contribution in [1.82, 2.24) is 0 Å². The molecule has 27 heavy (non-hydrogen) atoms. The molecule has 4 rings (SSSR count). The van der Waals surface area contributed by atoms with Crippen molar-refractivity contribution < 1.29 is 17.2 Å². The Hall–Kier alpha value is -1.64. The second kappa shape index (κ2) is 7.07. The lowest BCUT2D eigenvalue weighted by Crippen LogP contribution is -2.39. The second-order valence-corrected chi connectivity index (χ2v) is 9.97. The van der Waals surface area contributed by atoms with Gasteiger partial charge in [-0.2, -0.15) is 0 Å². The number of hydrogen-bond donors (Lipinski definition) is 0. The molecule has 0 N–H and O–H groups in total. The monoisotopic (exact) mass is 428 g/mol. The molecule has 142 valence electrons. The van der Waals surface area contributed by atoms with Crippen molar-refractivity contribution in [2.75, 3.05) is 16.4 Å². The summed E-state index contributed by atoms with van der Waals surface area (Å²) in [5, 5.41) is 1.14. The van der Waals surface area contributed by atoms with Crippen LogP contribution in [0.2, 0.25) is 5.02 Å². The van der Waals surface area contributed by atoms with Crippen molar-refractivity contribution in [2.24, 2.45) is 4.99 Å². The van der Waals surface area contributed by atoms with Gasteiger partial charge in [0.1, 0.15) is 11.6 Å². The van der Waals surface area contributed by atoms with Crippen LogP contribution in [-0.4, -0.2) is 37.2 Å². The van der Waals surface area contributed by atoms with Crippen molar-refractivity contribution in [3.05, 3.63) is 64.7 Å². The lowest BCUT2D eigenvalue weighted by Gasteiger charge is -2.27. The van der Waals surface area contributed by atoms with E-state index in [0.29, 0.717) is 15.9 Å². The molecule has 0 spiro atoms. The first-order chi connectivity index (χ1) is 12.8. The van der Waals surface area contributed by atoms with Gasteiger partial charge in [0.15, 0.2) is 15.0 Å². The molecule has 2 heterocycles. The molecule has 0 amide bonds. The van der Waals surface area contributed by atoms with Gasteiger partial charge in [0.2, 0.25) is 0 Å². The highest BCUT2D eigenvalue weighted by Crippen LogP contribution is 2.37. The van der Waals surface area contributed by atoms with E-state index in [0.717, 1.165) is 17.7 Å². The van der Waals surface area contributed by atoms with E-state index in [1.165, 1.54) is 17.8 Å². The number of sulfone groups is 1. The summed E-state index contributed by atoms with van der Waals surface area (Å²) in [7, 11) is -3.24. The van der Waals surface area contributed by atoms with Gasteiger partial charge in [-0.05, 0) is 23.8 Å². The Morgan fingerprint density at radius 2 is 1.96 bits per heavy atom. The summed E-state index contributed by atoms with van der Waals surface area (Å²) >= 11 is 7.55. The molecule has 0 bridgehead atoms. The van der Waals surface area contributed by atoms with E-state index >= 15 is 0 Å². The third kappa shape index (κ3) is 3.70. The van der Waals surface area contributed by atoms with Crippen LogP contribution in [-0.2, 0) is 15.6 Å². The predicted molar refractivity (Wildman–Crippen MR) is 105 cm³/mol. The van der Waals surface area contributed by atoms with Crippen molar-refractivity contribution in [3.63, 3.8) is 0 Å². The van der Waals surface area contributed by atoms with Crippen LogP contribution in [0.3, 0.4) is 0 Å². The summed E-state index contributed by atoms with van der Waals surface area (Å²) in [4.78, 5) is 6.12. The lowest BCUT2D eigenvalue weighted by molar-refractivity contribution is 0.577. The molecular weight excluding hydrogens is 414 g/mol. The number of anilines is 1. The second-order valence-electron chi connectivity index (χ2n) is 6.47. The van der Waals surface area contributed by atoms with Crippen LogP contribution >= 0.6 is 23.4 Å². The first kappa shape index (κ1) is 18.7. The first-order valence-corrected chi connectivity index (χ1v) is 11.4. The minimum absolute atomic E-state index is 0.0624. The topological polar surface area (TPSA) is 49.7 Å². The Bertz CT molecular complexity index is 1030. The van der Waals surface area contributed by atoms with Crippen molar-refractivity contribution >= 4 is 44.1 Å². The Morgan fingerprint density at radius 3 is 2.70 bits per heavy atom. The molecule has 2 atom stereocenters. The van der Waals surface area contributed by atoms with Gasteiger partial charge in [-0.15, -0.1) is 0 Å². The Kier molecular flexibility index (Phi) is 4.90. The van der Waals surface area contributed by atoms with Gasteiger partial charge in [0.05, 0.1) is 29.3 Å². The third-order valence-electron chi connectivity index (χ3n) is 4.59. The Morgan fingerprint density at radius 1 is 1.19 bits per heavy atom. The molecular formula is C18H15ClF2N2O2S2. The van der Waals surface area contributed by atoms with E-state index in [1.54, 1.807) is 11.0 Å². The molecule has 0 saturated carbocycles. The number of amidine groups is 1. The summed E-state index contributed by atoms with van der Waals surface area (Å²) in [6.45, 7) is 0. The number of nitrogens with zero attached hydrogens (tertiary/aromatic N) is 2. The summed E-state index contributed by atoms with van der Waals surface area (Å²) in [5.41, 5.74) is 1.03. The van der Waals surface area contributed by atoms with E-state index in [-0.39, 0.29) is 17.2 Å². The maximum atomic E-state index is 14.4. The van der Waals surface area contributed by atoms with Crippen LogP contribution in [0, 0.1) is 11.6 Å². The molecule has 0 radical (unpaired) electrons. The van der Waals surface area contributed by atoms with Gasteiger partial charge in [-0.1, -0.05) is 41.6 Å². The van der Waals surface area contributed by atoms with Crippen LogP contribution in [0.15, 0.2) is 47.5 Å². The number of thioether (sulfide) groups is 1. The summed E-state index contributed by atoms with van der Waals surface area (Å²) in [6.07, 6.45) is 0. The van der Waals surface area contributed by atoms with E-state index in [9.17, 15) is 17.2 Å². The number of halogens is 3. The fourth-order valence-electron chi connectivity index (χ4n) is 3.35. The molecule has 1 fully saturated rings. The number of hydrogen-bond acceptors (Lipinski definition) is 5. The molecule has 0 aliphatic carbocycles. The van der Waals surface area contributed by atoms with Gasteiger partial charge in [0, 0.05) is 16.8 Å². The van der Waals surface area contributed by atoms with Gasteiger partial charge in [-0.3, -0.25) is 4.99 Å². The fraction of sp³-hybridized carbons (Fsp3) is 0.278. The van der Waals surface area contributed by atoms with Crippen LogP contribution in [0.5, 0.6) is 0 Å². The highest BCUT2D eigenvalue weighted by atomic mass is 35.5. The summed E-state index contributed by atoms with van der Waals surface area (Å²) < 4.78 is 51.8. The van der Waals surface area contributed by atoms with Crippen LogP contribution < -0.4 is 4.90 Å². The predicted octanol–water partition coefficient (Wildman–Crippen LogP) is 3.89. The number of benzene rings is 2. The van der Waals surface area contributed by atoms with Crippen LogP contribution in [0.1, 0.15) is 5.56 Å². The maximum Gasteiger partial charge on any atom is 0.164 e. The van der Waals surface area contributed by atoms with Gasteiger partial charge in [0.25, 0.3) is 0 Å². The zero-order valence-corrected chi connectivity index (χ0v) is 16.4. The zero-order valence-electron chi connectivity index (χ0n) is 14.0. The molecule has 2 aromatic carbocycles. The van der Waals surface area contributed by atoms with E-state index in [2.05, 4.69) is 4.99 Å². The molecule has 2 aliphatic heterocycles. The fourth-order valence-corrected chi connectivity index (χ4v) is 6.59. The van der Waals surface area contributed by atoms with Gasteiger partial charge in [-0.25, -0.2) is 17.2 Å². The summed E-state index contributed by atoms with van der Waals surface area (Å²) in [6, 6.07) is 9.72.